The van der Waals surface area contributed by atoms with Crippen molar-refractivity contribution in [2.45, 2.75) is 65.6 Å². The van der Waals surface area contributed by atoms with E-state index >= 15 is 0 Å². The molecule has 3 aromatic carbocycles. The molecule has 2 amide bonds. The molecule has 0 saturated heterocycles. The molecule has 0 aliphatic heterocycles. The van der Waals surface area contributed by atoms with E-state index in [0.717, 1.165) is 23.1 Å². The third-order valence-corrected chi connectivity index (χ3v) is 7.30. The Hall–Kier alpha value is -2.82. The fourth-order valence-electron chi connectivity index (χ4n) is 4.04. The number of benzene rings is 3. The fraction of sp³-hybridized carbons (Fsp3) is 0.333. The molecule has 1 N–H and O–H groups in total. The van der Waals surface area contributed by atoms with Gasteiger partial charge in [0.1, 0.15) is 6.04 Å². The normalized spacial score (nSPS) is 12.6. The highest BCUT2D eigenvalue weighted by Gasteiger charge is 2.32. The summed E-state index contributed by atoms with van der Waals surface area (Å²) in [5.41, 5.74) is 4.79. The zero-order valence-electron chi connectivity index (χ0n) is 21.4. The lowest BCUT2D eigenvalue weighted by atomic mass is 10.00. The number of carbonyl (C=O) groups excluding carboxylic acids is 2. The van der Waals surface area contributed by atoms with Crippen LogP contribution in [0.25, 0.3) is 0 Å². The number of amides is 2. The molecule has 0 radical (unpaired) electrons. The van der Waals surface area contributed by atoms with Crippen LogP contribution in [-0.2, 0) is 29.0 Å². The summed E-state index contributed by atoms with van der Waals surface area (Å²) in [7, 11) is 0. The van der Waals surface area contributed by atoms with E-state index in [9.17, 15) is 9.59 Å². The standard InChI is InChI=1S/C30H34Cl2N2O2/c1-5-22(4)33-30(36)28(17-23-10-7-6-8-11-23)34(19-25-26(31)12-9-13-27(25)32)29(35)18-24-15-14-20(2)21(3)16-24/h6-16,22,28H,5,17-19H2,1-4H3,(H,33,36)/t22-,28+/m1/s1. The Bertz CT molecular complexity index is 1180. The van der Waals surface area contributed by atoms with Gasteiger partial charge in [0.15, 0.2) is 0 Å². The Morgan fingerprint density at radius 3 is 2.17 bits per heavy atom. The number of rotatable bonds is 10. The molecular formula is C30H34Cl2N2O2. The number of hydrogen-bond donors (Lipinski definition) is 1. The first-order valence-electron chi connectivity index (χ1n) is 12.3. The molecule has 190 valence electrons. The van der Waals surface area contributed by atoms with Crippen LogP contribution in [0.4, 0.5) is 0 Å². The molecule has 0 unspecified atom stereocenters. The van der Waals surface area contributed by atoms with Gasteiger partial charge in [0, 0.05) is 34.6 Å². The van der Waals surface area contributed by atoms with Crippen LogP contribution in [0.1, 0.15) is 48.1 Å². The molecule has 0 aliphatic carbocycles. The maximum atomic E-state index is 13.9. The van der Waals surface area contributed by atoms with E-state index in [2.05, 4.69) is 5.32 Å². The van der Waals surface area contributed by atoms with E-state index < -0.39 is 6.04 Å². The van der Waals surface area contributed by atoms with Crippen LogP contribution in [0, 0.1) is 13.8 Å². The van der Waals surface area contributed by atoms with E-state index in [4.69, 9.17) is 23.2 Å². The Kier molecular flexibility index (Phi) is 9.98. The summed E-state index contributed by atoms with van der Waals surface area (Å²) in [6.07, 6.45) is 1.34. The van der Waals surface area contributed by atoms with Crippen molar-refractivity contribution < 1.29 is 9.59 Å². The van der Waals surface area contributed by atoms with Crippen LogP contribution in [0.5, 0.6) is 0 Å². The summed E-state index contributed by atoms with van der Waals surface area (Å²) < 4.78 is 0. The Morgan fingerprint density at radius 2 is 1.56 bits per heavy atom. The minimum Gasteiger partial charge on any atom is -0.352 e. The summed E-state index contributed by atoms with van der Waals surface area (Å²) in [6.45, 7) is 8.19. The van der Waals surface area contributed by atoms with Gasteiger partial charge in [0.2, 0.25) is 11.8 Å². The highest BCUT2D eigenvalue weighted by atomic mass is 35.5. The minimum absolute atomic E-state index is 0.0172. The van der Waals surface area contributed by atoms with Crippen LogP contribution < -0.4 is 5.32 Å². The largest absolute Gasteiger partial charge is 0.352 e. The van der Waals surface area contributed by atoms with E-state index in [-0.39, 0.29) is 30.8 Å². The maximum absolute atomic E-state index is 13.9. The third kappa shape index (κ3) is 7.35. The van der Waals surface area contributed by atoms with Crippen molar-refractivity contribution in [3.8, 4) is 0 Å². The highest BCUT2D eigenvalue weighted by molar-refractivity contribution is 6.36. The molecule has 0 bridgehead atoms. The molecule has 0 aromatic heterocycles. The number of carbonyl (C=O) groups is 2. The first kappa shape index (κ1) is 27.8. The maximum Gasteiger partial charge on any atom is 0.243 e. The molecule has 36 heavy (non-hydrogen) atoms. The van der Waals surface area contributed by atoms with Crippen LogP contribution >= 0.6 is 23.2 Å². The average molecular weight is 526 g/mol. The first-order valence-corrected chi connectivity index (χ1v) is 13.1. The van der Waals surface area contributed by atoms with Crippen molar-refractivity contribution >= 4 is 35.0 Å². The van der Waals surface area contributed by atoms with Crippen LogP contribution in [0.2, 0.25) is 10.0 Å². The van der Waals surface area contributed by atoms with Gasteiger partial charge in [-0.3, -0.25) is 9.59 Å². The Labute approximate surface area is 224 Å². The van der Waals surface area contributed by atoms with Crippen molar-refractivity contribution in [2.75, 3.05) is 0 Å². The lowest BCUT2D eigenvalue weighted by molar-refractivity contribution is -0.141. The van der Waals surface area contributed by atoms with Crippen LogP contribution in [0.3, 0.4) is 0 Å². The summed E-state index contributed by atoms with van der Waals surface area (Å²) >= 11 is 13.0. The van der Waals surface area contributed by atoms with Gasteiger partial charge in [-0.1, -0.05) is 84.7 Å². The number of aryl methyl sites for hydroxylation is 2. The third-order valence-electron chi connectivity index (χ3n) is 6.59. The minimum atomic E-state index is -0.729. The zero-order valence-corrected chi connectivity index (χ0v) is 22.9. The van der Waals surface area contributed by atoms with E-state index in [1.54, 1.807) is 23.1 Å². The fourth-order valence-corrected chi connectivity index (χ4v) is 4.56. The lowest BCUT2D eigenvalue weighted by Crippen LogP contribution is -2.52. The van der Waals surface area contributed by atoms with Gasteiger partial charge in [-0.15, -0.1) is 0 Å². The molecule has 4 nitrogen and oxygen atoms in total. The van der Waals surface area contributed by atoms with E-state index in [1.807, 2.05) is 76.2 Å². The predicted molar refractivity (Wildman–Crippen MR) is 148 cm³/mol. The van der Waals surface area contributed by atoms with Crippen molar-refractivity contribution in [3.05, 3.63) is 105 Å². The quantitative estimate of drug-likeness (QED) is 0.320. The second-order valence-corrected chi connectivity index (χ2v) is 10.2. The number of nitrogens with zero attached hydrogens (tertiary/aromatic N) is 1. The molecule has 0 heterocycles. The number of halogens is 2. The number of hydrogen-bond acceptors (Lipinski definition) is 2. The molecule has 0 saturated carbocycles. The second-order valence-electron chi connectivity index (χ2n) is 9.34. The number of nitrogens with one attached hydrogen (secondary N) is 1. The predicted octanol–water partition coefficient (Wildman–Crippen LogP) is 6.71. The molecule has 0 fully saturated rings. The van der Waals surface area contributed by atoms with E-state index in [1.165, 1.54) is 5.56 Å². The van der Waals surface area contributed by atoms with Crippen molar-refractivity contribution in [3.63, 3.8) is 0 Å². The summed E-state index contributed by atoms with van der Waals surface area (Å²) in [6, 6.07) is 20.3. The molecule has 6 heteroatoms. The smallest absolute Gasteiger partial charge is 0.243 e. The molecule has 3 rings (SSSR count). The molecule has 3 aromatic rings. The van der Waals surface area contributed by atoms with Crippen LogP contribution in [0.15, 0.2) is 66.7 Å². The van der Waals surface area contributed by atoms with Crippen molar-refractivity contribution in [1.82, 2.24) is 10.2 Å². The summed E-state index contributed by atoms with van der Waals surface area (Å²) in [5, 5.41) is 4.01. The first-order chi connectivity index (χ1) is 17.2. The van der Waals surface area contributed by atoms with Gasteiger partial charge in [0.05, 0.1) is 6.42 Å². The Morgan fingerprint density at radius 1 is 0.889 bits per heavy atom. The van der Waals surface area contributed by atoms with Gasteiger partial charge in [-0.05, 0) is 61.6 Å². The van der Waals surface area contributed by atoms with Gasteiger partial charge in [-0.25, -0.2) is 0 Å². The van der Waals surface area contributed by atoms with E-state index in [0.29, 0.717) is 22.0 Å². The lowest BCUT2D eigenvalue weighted by Gasteiger charge is -2.33. The zero-order chi connectivity index (χ0) is 26.2. The van der Waals surface area contributed by atoms with Gasteiger partial charge < -0.3 is 10.2 Å². The molecule has 0 spiro atoms. The summed E-state index contributed by atoms with van der Waals surface area (Å²) in [5.74, 6) is -0.348. The monoisotopic (exact) mass is 524 g/mol. The second kappa shape index (κ2) is 12.9. The average Bonchev–Trinajstić information content (AvgIpc) is 2.85. The van der Waals surface area contributed by atoms with Gasteiger partial charge in [-0.2, -0.15) is 0 Å². The van der Waals surface area contributed by atoms with Crippen molar-refractivity contribution in [2.24, 2.45) is 0 Å². The highest BCUT2D eigenvalue weighted by Crippen LogP contribution is 2.28. The summed E-state index contributed by atoms with van der Waals surface area (Å²) in [4.78, 5) is 29.1. The molecular weight excluding hydrogens is 491 g/mol. The van der Waals surface area contributed by atoms with Crippen molar-refractivity contribution in [1.29, 1.82) is 0 Å². The van der Waals surface area contributed by atoms with Crippen LogP contribution in [-0.4, -0.2) is 28.8 Å². The Balaban J connectivity index is 2.03. The van der Waals surface area contributed by atoms with Gasteiger partial charge >= 0.3 is 0 Å². The SMILES string of the molecule is CC[C@@H](C)NC(=O)[C@H](Cc1ccccc1)N(Cc1c(Cl)cccc1Cl)C(=O)Cc1ccc(C)c(C)c1. The van der Waals surface area contributed by atoms with Gasteiger partial charge in [0.25, 0.3) is 0 Å². The molecule has 2 atom stereocenters. The topological polar surface area (TPSA) is 49.4 Å². The molecule has 0 aliphatic rings.